The van der Waals surface area contributed by atoms with Crippen LogP contribution in [0.4, 0.5) is 0 Å². The number of rotatable bonds is 4. The van der Waals surface area contributed by atoms with Crippen LogP contribution in [0.1, 0.15) is 25.7 Å². The second-order valence-electron chi connectivity index (χ2n) is 6.88. The van der Waals surface area contributed by atoms with Crippen LogP contribution in [0, 0.1) is 23.3 Å². The van der Waals surface area contributed by atoms with Crippen LogP contribution < -0.4 is 0 Å². The molecule has 0 aromatic rings. The molecule has 20 heavy (non-hydrogen) atoms. The zero-order valence-corrected chi connectivity index (χ0v) is 14.7. The molecule has 0 unspecified atom stereocenters. The van der Waals surface area contributed by atoms with E-state index in [2.05, 4.69) is 43.1 Å². The number of hydrogen-bond donors (Lipinski definition) is 0. The molecule has 1 heterocycles. The molecule has 0 aliphatic carbocycles. The molecule has 0 spiro atoms. The van der Waals surface area contributed by atoms with Crippen molar-refractivity contribution in [2.24, 2.45) is 11.8 Å². The van der Waals surface area contributed by atoms with E-state index in [4.69, 9.17) is 4.74 Å². The van der Waals surface area contributed by atoms with E-state index in [9.17, 15) is 4.79 Å². The number of ether oxygens (including phenoxy) is 1. The lowest BCUT2D eigenvalue weighted by Crippen LogP contribution is -2.42. The number of esters is 1. The van der Waals surface area contributed by atoms with Crippen molar-refractivity contribution < 1.29 is 9.53 Å². The van der Waals surface area contributed by atoms with Crippen molar-refractivity contribution in [3.8, 4) is 11.5 Å². The van der Waals surface area contributed by atoms with Gasteiger partial charge in [0.15, 0.2) is 0 Å². The highest BCUT2D eigenvalue weighted by Crippen LogP contribution is 2.28. The van der Waals surface area contributed by atoms with Gasteiger partial charge in [0.2, 0.25) is 0 Å². The summed E-state index contributed by atoms with van der Waals surface area (Å²) >= 11 is 0. The van der Waals surface area contributed by atoms with Crippen molar-refractivity contribution in [1.82, 2.24) is 4.90 Å². The fourth-order valence-electron chi connectivity index (χ4n) is 2.71. The van der Waals surface area contributed by atoms with Gasteiger partial charge in [0.05, 0.1) is 13.0 Å². The van der Waals surface area contributed by atoms with E-state index >= 15 is 0 Å². The predicted molar refractivity (Wildman–Crippen MR) is 86.1 cm³/mol. The average molecular weight is 295 g/mol. The first kappa shape index (κ1) is 17.3. The first-order valence-electron chi connectivity index (χ1n) is 7.60. The Morgan fingerprint density at radius 3 is 2.70 bits per heavy atom. The summed E-state index contributed by atoms with van der Waals surface area (Å²) in [6, 6.07) is 0. The quantitative estimate of drug-likeness (QED) is 0.346. The molecule has 0 amide bonds. The minimum Gasteiger partial charge on any atom is -0.469 e. The monoisotopic (exact) mass is 295 g/mol. The topological polar surface area (TPSA) is 29.5 Å². The number of nitrogens with zero attached hydrogens (tertiary/aromatic N) is 1. The fourth-order valence-corrected chi connectivity index (χ4v) is 3.36. The molecule has 2 atom stereocenters. The third-order valence-electron chi connectivity index (χ3n) is 3.80. The van der Waals surface area contributed by atoms with Crippen molar-refractivity contribution in [2.75, 3.05) is 27.2 Å². The first-order valence-corrected chi connectivity index (χ1v) is 11.1. The Balaban J connectivity index is 2.43. The summed E-state index contributed by atoms with van der Waals surface area (Å²) in [4.78, 5) is 14.1. The van der Waals surface area contributed by atoms with Gasteiger partial charge in [-0.2, -0.15) is 0 Å². The highest BCUT2D eigenvalue weighted by atomic mass is 28.3. The predicted octanol–water partition coefficient (Wildman–Crippen LogP) is 2.78. The van der Waals surface area contributed by atoms with Crippen LogP contribution in [-0.4, -0.2) is 46.2 Å². The van der Waals surface area contributed by atoms with Crippen LogP contribution in [0.15, 0.2) is 0 Å². The van der Waals surface area contributed by atoms with E-state index < -0.39 is 8.07 Å². The van der Waals surface area contributed by atoms with Gasteiger partial charge in [-0.15, -0.1) is 11.5 Å². The number of methoxy groups -OCH3 is 1. The van der Waals surface area contributed by atoms with Gasteiger partial charge in [0, 0.05) is 13.0 Å². The van der Waals surface area contributed by atoms with Crippen LogP contribution in [0.25, 0.3) is 0 Å². The minimum atomic E-state index is -1.23. The molecule has 3 nitrogen and oxygen atoms in total. The van der Waals surface area contributed by atoms with Crippen LogP contribution in [0.3, 0.4) is 0 Å². The number of likely N-dealkylation sites (tertiary alicyclic amines) is 1. The number of carbonyl (C=O) groups excluding carboxylic acids is 1. The summed E-state index contributed by atoms with van der Waals surface area (Å²) in [6.45, 7) is 8.72. The molecule has 0 aromatic carbocycles. The number of unbranched alkanes of at least 4 members (excludes halogenated alkanes) is 1. The van der Waals surface area contributed by atoms with E-state index in [0.29, 0.717) is 5.92 Å². The Hall–Kier alpha value is -0.793. The third kappa shape index (κ3) is 6.11. The Kier molecular flexibility index (Phi) is 6.77. The Labute approximate surface area is 125 Å². The Morgan fingerprint density at radius 1 is 1.40 bits per heavy atom. The molecule has 0 aromatic heterocycles. The van der Waals surface area contributed by atoms with E-state index in [0.717, 1.165) is 38.8 Å². The molecule has 0 radical (unpaired) electrons. The zero-order valence-electron chi connectivity index (χ0n) is 13.7. The second kappa shape index (κ2) is 7.85. The largest absolute Gasteiger partial charge is 0.469 e. The maximum Gasteiger partial charge on any atom is 0.310 e. The normalized spacial score (nSPS) is 23.9. The molecule has 1 aliphatic rings. The van der Waals surface area contributed by atoms with Gasteiger partial charge < -0.3 is 9.64 Å². The van der Waals surface area contributed by atoms with Gasteiger partial charge in [-0.3, -0.25) is 4.79 Å². The first-order chi connectivity index (χ1) is 9.33. The van der Waals surface area contributed by atoms with Crippen molar-refractivity contribution >= 4 is 14.0 Å². The van der Waals surface area contributed by atoms with Crippen LogP contribution in [0.2, 0.25) is 19.6 Å². The maximum atomic E-state index is 11.9. The van der Waals surface area contributed by atoms with Gasteiger partial charge in [-0.05, 0) is 38.8 Å². The Bertz CT molecular complexity index is 378. The van der Waals surface area contributed by atoms with Crippen molar-refractivity contribution in [3.63, 3.8) is 0 Å². The SMILES string of the molecule is COC(=O)[C@@H]1CN(C)CC[C@@H]1CCCC#C[Si](C)(C)C. The van der Waals surface area contributed by atoms with Crippen molar-refractivity contribution in [3.05, 3.63) is 0 Å². The van der Waals surface area contributed by atoms with Gasteiger partial charge in [0.1, 0.15) is 8.07 Å². The highest BCUT2D eigenvalue weighted by Gasteiger charge is 2.33. The van der Waals surface area contributed by atoms with Crippen molar-refractivity contribution in [1.29, 1.82) is 0 Å². The van der Waals surface area contributed by atoms with E-state index in [1.807, 2.05) is 0 Å². The smallest absolute Gasteiger partial charge is 0.310 e. The molecule has 4 heteroatoms. The van der Waals surface area contributed by atoms with Crippen LogP contribution >= 0.6 is 0 Å². The third-order valence-corrected chi connectivity index (χ3v) is 4.73. The molecule has 114 valence electrons. The molecular weight excluding hydrogens is 266 g/mol. The molecular formula is C16H29NO2Si. The molecule has 0 N–H and O–H groups in total. The lowest BCUT2D eigenvalue weighted by Gasteiger charge is -2.35. The van der Waals surface area contributed by atoms with E-state index in [1.54, 1.807) is 0 Å². The molecule has 0 bridgehead atoms. The molecule has 1 saturated heterocycles. The van der Waals surface area contributed by atoms with Crippen LogP contribution in [-0.2, 0) is 9.53 Å². The second-order valence-corrected chi connectivity index (χ2v) is 11.6. The summed E-state index contributed by atoms with van der Waals surface area (Å²) in [6.07, 6.45) is 4.25. The number of piperidine rings is 1. The number of hydrogen-bond acceptors (Lipinski definition) is 3. The average Bonchev–Trinajstić information content (AvgIpc) is 2.37. The van der Waals surface area contributed by atoms with Crippen molar-refractivity contribution in [2.45, 2.75) is 45.3 Å². The zero-order chi connectivity index (χ0) is 15.2. The molecule has 1 rings (SSSR count). The molecule has 1 aliphatic heterocycles. The summed E-state index contributed by atoms with van der Waals surface area (Å²) in [7, 11) is 2.33. The fraction of sp³-hybridized carbons (Fsp3) is 0.812. The molecule has 1 fully saturated rings. The summed E-state index contributed by atoms with van der Waals surface area (Å²) in [5.74, 6) is 3.78. The summed E-state index contributed by atoms with van der Waals surface area (Å²) in [5, 5.41) is 0. The standard InChI is InChI=1S/C16H29NO2Si/c1-17-11-10-14(15(13-17)16(18)19-2)9-7-6-8-12-20(3,4)5/h14-15H,6-7,9-11,13H2,1-5H3/t14-,15+/m0/s1. The number of carbonyl (C=O) groups is 1. The lowest BCUT2D eigenvalue weighted by molar-refractivity contribution is -0.149. The minimum absolute atomic E-state index is 0.0451. The molecule has 0 saturated carbocycles. The van der Waals surface area contributed by atoms with Gasteiger partial charge in [-0.25, -0.2) is 0 Å². The van der Waals surface area contributed by atoms with Gasteiger partial charge >= 0.3 is 5.97 Å². The Morgan fingerprint density at radius 2 is 2.10 bits per heavy atom. The summed E-state index contributed by atoms with van der Waals surface area (Å²) in [5.41, 5.74) is 3.40. The van der Waals surface area contributed by atoms with Crippen LogP contribution in [0.5, 0.6) is 0 Å². The maximum absolute atomic E-state index is 11.9. The highest BCUT2D eigenvalue weighted by molar-refractivity contribution is 6.83. The van der Waals surface area contributed by atoms with Gasteiger partial charge in [0.25, 0.3) is 0 Å². The van der Waals surface area contributed by atoms with Gasteiger partial charge in [-0.1, -0.05) is 19.6 Å². The lowest BCUT2D eigenvalue weighted by atomic mass is 9.82. The summed E-state index contributed by atoms with van der Waals surface area (Å²) < 4.78 is 4.95. The van der Waals surface area contributed by atoms with E-state index in [-0.39, 0.29) is 11.9 Å². The van der Waals surface area contributed by atoms with E-state index in [1.165, 1.54) is 7.11 Å².